The summed E-state index contributed by atoms with van der Waals surface area (Å²) in [5.41, 5.74) is 1.71. The molecule has 1 saturated heterocycles. The number of benzene rings is 2. The van der Waals surface area contributed by atoms with E-state index in [1.54, 1.807) is 7.11 Å². The summed E-state index contributed by atoms with van der Waals surface area (Å²) < 4.78 is 7.51. The van der Waals surface area contributed by atoms with Crippen LogP contribution in [0.5, 0.6) is 5.75 Å². The lowest BCUT2D eigenvalue weighted by Gasteiger charge is -2.35. The molecule has 32 heavy (non-hydrogen) atoms. The lowest BCUT2D eigenvalue weighted by atomic mass is 10.0. The molecule has 168 valence electrons. The van der Waals surface area contributed by atoms with Crippen LogP contribution in [-0.2, 0) is 4.79 Å². The lowest BCUT2D eigenvalue weighted by molar-refractivity contribution is -0.132. The van der Waals surface area contributed by atoms with Crippen LogP contribution in [0, 0.1) is 0 Å². The molecule has 2 heterocycles. The molecule has 1 amide bonds. The second-order valence-corrected chi connectivity index (χ2v) is 9.13. The highest BCUT2D eigenvalue weighted by atomic mass is 35.5. The topological polar surface area (TPSA) is 60.3 Å². The Morgan fingerprint density at radius 3 is 2.69 bits per heavy atom. The number of carbonyl (C=O) groups excluding carboxylic acids is 1. The molecule has 0 spiro atoms. The molecular weight excluding hydrogens is 444 g/mol. The highest BCUT2D eigenvalue weighted by molar-refractivity contribution is 7.99. The van der Waals surface area contributed by atoms with E-state index < -0.39 is 0 Å². The smallest absolute Gasteiger partial charge is 0.233 e. The summed E-state index contributed by atoms with van der Waals surface area (Å²) in [7, 11) is 1.64. The fourth-order valence-corrected chi connectivity index (χ4v) is 5.12. The summed E-state index contributed by atoms with van der Waals surface area (Å²) in [6, 6.07) is 15.6. The Morgan fingerprint density at radius 1 is 1.16 bits per heavy atom. The van der Waals surface area contributed by atoms with Gasteiger partial charge in [0.15, 0.2) is 11.0 Å². The zero-order valence-electron chi connectivity index (χ0n) is 18.3. The number of piperidine rings is 1. The van der Waals surface area contributed by atoms with Crippen LogP contribution in [0.2, 0.25) is 5.02 Å². The van der Waals surface area contributed by atoms with Gasteiger partial charge in [-0.2, -0.15) is 0 Å². The second-order valence-electron chi connectivity index (χ2n) is 7.75. The zero-order valence-corrected chi connectivity index (χ0v) is 19.9. The fourth-order valence-electron chi connectivity index (χ4n) is 4.15. The Hall–Kier alpha value is -2.51. The van der Waals surface area contributed by atoms with Gasteiger partial charge >= 0.3 is 0 Å². The maximum atomic E-state index is 13.0. The van der Waals surface area contributed by atoms with Crippen molar-refractivity contribution < 1.29 is 9.53 Å². The van der Waals surface area contributed by atoms with Crippen LogP contribution < -0.4 is 4.74 Å². The van der Waals surface area contributed by atoms with Gasteiger partial charge in [-0.15, -0.1) is 10.2 Å². The van der Waals surface area contributed by atoms with Gasteiger partial charge in [-0.25, -0.2) is 0 Å². The minimum absolute atomic E-state index is 0.158. The SMILES string of the molecule is CCC1CCCCN1C(=O)CSc1nnc(-c2ccccc2OC)n1-c1ccc(Cl)cc1. The Kier molecular flexibility index (Phi) is 7.37. The molecule has 2 aromatic carbocycles. The monoisotopic (exact) mass is 470 g/mol. The molecule has 1 aliphatic heterocycles. The van der Waals surface area contributed by atoms with Gasteiger partial charge in [0.05, 0.1) is 18.4 Å². The maximum absolute atomic E-state index is 13.0. The van der Waals surface area contributed by atoms with Crippen LogP contribution >= 0.6 is 23.4 Å². The number of nitrogens with zero attached hydrogens (tertiary/aromatic N) is 4. The number of hydrogen-bond acceptors (Lipinski definition) is 5. The molecule has 0 N–H and O–H groups in total. The standard InChI is InChI=1S/C24H27ClN4O2S/c1-3-18-8-6-7-15-28(18)22(30)16-32-24-27-26-23(20-9-4-5-10-21(20)31-2)29(24)19-13-11-17(25)12-14-19/h4-5,9-14,18H,3,6-8,15-16H2,1-2H3. The Labute approximate surface area is 197 Å². The van der Waals surface area contributed by atoms with Gasteiger partial charge < -0.3 is 9.64 Å². The highest BCUT2D eigenvalue weighted by Crippen LogP contribution is 2.34. The van der Waals surface area contributed by atoms with Crippen molar-refractivity contribution in [3.63, 3.8) is 0 Å². The number of aromatic nitrogens is 3. The third kappa shape index (κ3) is 4.79. The molecule has 0 saturated carbocycles. The van der Waals surface area contributed by atoms with Gasteiger partial charge in [0.25, 0.3) is 0 Å². The summed E-state index contributed by atoms with van der Waals surface area (Å²) >= 11 is 7.53. The minimum atomic E-state index is 0.158. The molecule has 6 nitrogen and oxygen atoms in total. The zero-order chi connectivity index (χ0) is 22.5. The minimum Gasteiger partial charge on any atom is -0.496 e. The molecule has 4 rings (SSSR count). The number of rotatable bonds is 7. The van der Waals surface area contributed by atoms with Crippen molar-refractivity contribution in [1.82, 2.24) is 19.7 Å². The largest absolute Gasteiger partial charge is 0.496 e. The summed E-state index contributed by atoms with van der Waals surface area (Å²) in [5, 5.41) is 10.2. The van der Waals surface area contributed by atoms with Crippen molar-refractivity contribution in [2.45, 2.75) is 43.8 Å². The highest BCUT2D eigenvalue weighted by Gasteiger charge is 2.26. The van der Waals surface area contributed by atoms with Crippen molar-refractivity contribution in [3.05, 3.63) is 53.6 Å². The molecule has 1 atom stereocenters. The third-order valence-corrected chi connectivity index (χ3v) is 6.98. The van der Waals surface area contributed by atoms with E-state index >= 15 is 0 Å². The number of methoxy groups -OCH3 is 1. The van der Waals surface area contributed by atoms with Gasteiger partial charge in [0, 0.05) is 23.3 Å². The number of ether oxygens (including phenoxy) is 1. The van der Waals surface area contributed by atoms with Crippen molar-refractivity contribution in [2.75, 3.05) is 19.4 Å². The average Bonchev–Trinajstić information content (AvgIpc) is 3.26. The third-order valence-electron chi connectivity index (χ3n) is 5.81. The van der Waals surface area contributed by atoms with Crippen molar-refractivity contribution in [3.8, 4) is 22.8 Å². The number of thioether (sulfide) groups is 1. The molecule has 8 heteroatoms. The van der Waals surface area contributed by atoms with Gasteiger partial charge in [-0.1, -0.05) is 42.4 Å². The number of para-hydroxylation sites is 1. The van der Waals surface area contributed by atoms with Crippen LogP contribution in [0.15, 0.2) is 53.7 Å². The molecule has 1 fully saturated rings. The Morgan fingerprint density at radius 2 is 1.94 bits per heavy atom. The van der Waals surface area contributed by atoms with E-state index in [4.69, 9.17) is 16.3 Å². The number of hydrogen-bond donors (Lipinski definition) is 0. The van der Waals surface area contributed by atoms with E-state index in [9.17, 15) is 4.79 Å². The Bertz CT molecular complexity index is 1070. The van der Waals surface area contributed by atoms with Gasteiger partial charge in [0.2, 0.25) is 5.91 Å². The first-order chi connectivity index (χ1) is 15.6. The van der Waals surface area contributed by atoms with Crippen LogP contribution in [0.4, 0.5) is 0 Å². The number of likely N-dealkylation sites (tertiary alicyclic amines) is 1. The van der Waals surface area contributed by atoms with E-state index in [1.807, 2.05) is 58.0 Å². The quantitative estimate of drug-likeness (QED) is 0.428. The molecule has 3 aromatic rings. The van der Waals surface area contributed by atoms with Crippen LogP contribution in [0.3, 0.4) is 0 Å². The van der Waals surface area contributed by atoms with Crippen LogP contribution in [0.25, 0.3) is 17.1 Å². The molecule has 0 aliphatic carbocycles. The van der Waals surface area contributed by atoms with Gasteiger partial charge in [-0.3, -0.25) is 9.36 Å². The van der Waals surface area contributed by atoms with Gasteiger partial charge in [-0.05, 0) is 62.1 Å². The molecular formula is C24H27ClN4O2S. The Balaban J connectivity index is 1.66. The van der Waals surface area contributed by atoms with Gasteiger partial charge in [0.1, 0.15) is 5.75 Å². The predicted molar refractivity (Wildman–Crippen MR) is 129 cm³/mol. The molecule has 1 aliphatic rings. The van der Waals surface area contributed by atoms with E-state index in [-0.39, 0.29) is 5.91 Å². The predicted octanol–water partition coefficient (Wildman–Crippen LogP) is 5.48. The van der Waals surface area contributed by atoms with E-state index in [0.717, 1.165) is 37.1 Å². The van der Waals surface area contributed by atoms with E-state index in [0.29, 0.717) is 33.5 Å². The van der Waals surface area contributed by atoms with Crippen molar-refractivity contribution >= 4 is 29.3 Å². The molecule has 0 radical (unpaired) electrons. The summed E-state index contributed by atoms with van der Waals surface area (Å²) in [6.45, 7) is 2.99. The average molecular weight is 471 g/mol. The lowest BCUT2D eigenvalue weighted by Crippen LogP contribution is -2.44. The molecule has 1 unspecified atom stereocenters. The van der Waals surface area contributed by atoms with Crippen LogP contribution in [0.1, 0.15) is 32.6 Å². The summed E-state index contributed by atoms with van der Waals surface area (Å²) in [6.07, 6.45) is 4.36. The maximum Gasteiger partial charge on any atom is 0.233 e. The summed E-state index contributed by atoms with van der Waals surface area (Å²) in [4.78, 5) is 15.1. The second kappa shape index (κ2) is 10.4. The van der Waals surface area contributed by atoms with Crippen LogP contribution in [-0.4, -0.2) is 51.0 Å². The van der Waals surface area contributed by atoms with Crippen molar-refractivity contribution in [2.24, 2.45) is 0 Å². The van der Waals surface area contributed by atoms with E-state index in [2.05, 4.69) is 17.1 Å². The number of carbonyl (C=O) groups is 1. The normalized spacial score (nSPS) is 16.2. The first kappa shape index (κ1) is 22.7. The van der Waals surface area contributed by atoms with Crippen molar-refractivity contribution in [1.29, 1.82) is 0 Å². The first-order valence-corrected chi connectivity index (χ1v) is 12.3. The van der Waals surface area contributed by atoms with E-state index in [1.165, 1.54) is 18.2 Å². The number of halogens is 1. The first-order valence-electron chi connectivity index (χ1n) is 10.9. The molecule has 1 aromatic heterocycles. The summed E-state index contributed by atoms with van der Waals surface area (Å²) in [5.74, 6) is 1.85. The number of amides is 1. The molecule has 0 bridgehead atoms. The fraction of sp³-hybridized carbons (Fsp3) is 0.375.